The molecule has 0 aromatic carbocycles. The molecule has 0 radical (unpaired) electrons. The number of imide groups is 1. The van der Waals surface area contributed by atoms with Crippen molar-refractivity contribution in [3.63, 3.8) is 0 Å². The lowest BCUT2D eigenvalue weighted by Gasteiger charge is -2.34. The molecule has 1 saturated heterocycles. The summed E-state index contributed by atoms with van der Waals surface area (Å²) in [7, 11) is 0. The van der Waals surface area contributed by atoms with Crippen LogP contribution in [0.25, 0.3) is 5.57 Å². The summed E-state index contributed by atoms with van der Waals surface area (Å²) in [6.07, 6.45) is 2.78. The van der Waals surface area contributed by atoms with Gasteiger partial charge < -0.3 is 14.5 Å². The third-order valence-corrected chi connectivity index (χ3v) is 5.91. The number of amides is 4. The van der Waals surface area contributed by atoms with E-state index in [1.54, 1.807) is 11.0 Å². The number of hydrogen-bond acceptors (Lipinski definition) is 6. The van der Waals surface area contributed by atoms with Gasteiger partial charge >= 0.3 is 6.09 Å². The van der Waals surface area contributed by atoms with Crippen LogP contribution in [0.5, 0.6) is 0 Å². The summed E-state index contributed by atoms with van der Waals surface area (Å²) in [5, 5.41) is 2.31. The maximum absolute atomic E-state index is 12.8. The van der Waals surface area contributed by atoms with E-state index in [-0.39, 0.29) is 36.9 Å². The summed E-state index contributed by atoms with van der Waals surface area (Å²) < 4.78 is 5.49. The zero-order valence-electron chi connectivity index (χ0n) is 18.8. The molecule has 0 bridgehead atoms. The van der Waals surface area contributed by atoms with Crippen LogP contribution in [0.4, 0.5) is 4.79 Å². The highest BCUT2D eigenvalue weighted by molar-refractivity contribution is 6.05. The minimum Gasteiger partial charge on any atom is -0.444 e. The first-order valence-corrected chi connectivity index (χ1v) is 10.9. The molecule has 0 saturated carbocycles. The summed E-state index contributed by atoms with van der Waals surface area (Å²) in [4.78, 5) is 56.8. The number of ether oxygens (including phenoxy) is 1. The van der Waals surface area contributed by atoms with Gasteiger partial charge in [0.1, 0.15) is 11.6 Å². The minimum absolute atomic E-state index is 0.0542. The lowest BCUT2D eigenvalue weighted by Crippen LogP contribution is -2.52. The van der Waals surface area contributed by atoms with Gasteiger partial charge in [-0.2, -0.15) is 0 Å². The molecular formula is C23H28N4O5. The topological polar surface area (TPSA) is 109 Å². The van der Waals surface area contributed by atoms with Crippen molar-refractivity contribution >= 4 is 29.4 Å². The normalized spacial score (nSPS) is 23.6. The fourth-order valence-corrected chi connectivity index (χ4v) is 4.30. The predicted octanol–water partition coefficient (Wildman–Crippen LogP) is 2.26. The first-order valence-electron chi connectivity index (χ1n) is 10.9. The van der Waals surface area contributed by atoms with Crippen LogP contribution in [0.1, 0.15) is 68.7 Å². The Bertz CT molecular complexity index is 1030. The van der Waals surface area contributed by atoms with E-state index in [9.17, 15) is 19.2 Å². The Morgan fingerprint density at radius 3 is 2.62 bits per heavy atom. The van der Waals surface area contributed by atoms with Crippen molar-refractivity contribution in [3.8, 4) is 0 Å². The monoisotopic (exact) mass is 440 g/mol. The van der Waals surface area contributed by atoms with Gasteiger partial charge in [0.2, 0.25) is 11.8 Å². The quantitative estimate of drug-likeness (QED) is 0.707. The number of nitrogens with one attached hydrogen (secondary N) is 1. The molecule has 2 atom stereocenters. The van der Waals surface area contributed by atoms with Crippen LogP contribution >= 0.6 is 0 Å². The van der Waals surface area contributed by atoms with Crippen LogP contribution in [-0.2, 0) is 20.9 Å². The van der Waals surface area contributed by atoms with Crippen LogP contribution in [-0.4, -0.2) is 62.8 Å². The lowest BCUT2D eigenvalue weighted by molar-refractivity contribution is -0.136. The number of aromatic nitrogens is 1. The largest absolute Gasteiger partial charge is 0.444 e. The average Bonchev–Trinajstić information content (AvgIpc) is 3.02. The van der Waals surface area contributed by atoms with E-state index in [0.29, 0.717) is 30.6 Å². The molecule has 4 amide bonds. The number of fused-ring (bicyclic) bond motifs is 1. The molecule has 2 unspecified atom stereocenters. The molecule has 0 aliphatic carbocycles. The first-order chi connectivity index (χ1) is 15.0. The molecule has 4 heterocycles. The Kier molecular flexibility index (Phi) is 5.52. The van der Waals surface area contributed by atoms with Gasteiger partial charge in [-0.05, 0) is 58.2 Å². The van der Waals surface area contributed by atoms with Crippen molar-refractivity contribution in [1.29, 1.82) is 0 Å². The van der Waals surface area contributed by atoms with Crippen molar-refractivity contribution in [2.45, 2.75) is 71.2 Å². The van der Waals surface area contributed by atoms with E-state index in [1.165, 1.54) is 4.90 Å². The molecule has 9 heteroatoms. The molecule has 32 heavy (non-hydrogen) atoms. The summed E-state index contributed by atoms with van der Waals surface area (Å²) in [5.41, 5.74) is 2.33. The smallest absolute Gasteiger partial charge is 0.410 e. The average molecular weight is 441 g/mol. The number of nitrogens with zero attached hydrogens (tertiary/aromatic N) is 3. The van der Waals surface area contributed by atoms with Gasteiger partial charge in [-0.3, -0.25) is 24.7 Å². The molecule has 1 N–H and O–H groups in total. The number of carbonyl (C=O) groups is 4. The van der Waals surface area contributed by atoms with E-state index < -0.39 is 17.6 Å². The highest BCUT2D eigenvalue weighted by Gasteiger charge is 2.40. The van der Waals surface area contributed by atoms with Crippen molar-refractivity contribution in [3.05, 3.63) is 35.2 Å². The fourth-order valence-electron chi connectivity index (χ4n) is 4.30. The van der Waals surface area contributed by atoms with Crippen LogP contribution in [0.2, 0.25) is 0 Å². The van der Waals surface area contributed by atoms with E-state index in [2.05, 4.69) is 5.32 Å². The standard InChI is InChI=1S/C23H28N4O5/c1-13-11-14(9-10-26(13)22(31)32-23(2,3)4)16-6-5-15-17(24-16)12-27(21(15)30)18-7-8-19(28)25-20(18)29/h5-6,9,13,18H,7-8,10-12H2,1-4H3,(H,25,28,29). The van der Waals surface area contributed by atoms with Gasteiger partial charge in [-0.1, -0.05) is 6.08 Å². The van der Waals surface area contributed by atoms with Gasteiger partial charge in [0.25, 0.3) is 5.91 Å². The Morgan fingerprint density at radius 2 is 1.97 bits per heavy atom. The van der Waals surface area contributed by atoms with Crippen molar-refractivity contribution in [2.75, 3.05) is 6.54 Å². The van der Waals surface area contributed by atoms with Crippen LogP contribution in [0.15, 0.2) is 18.2 Å². The molecule has 1 aromatic heterocycles. The number of carbonyl (C=O) groups excluding carboxylic acids is 4. The molecule has 3 aliphatic heterocycles. The number of rotatable bonds is 2. The first kappa shape index (κ1) is 22.0. The van der Waals surface area contributed by atoms with Gasteiger partial charge in [0.05, 0.1) is 23.5 Å². The molecular weight excluding hydrogens is 412 g/mol. The van der Waals surface area contributed by atoms with E-state index >= 15 is 0 Å². The Morgan fingerprint density at radius 1 is 1.22 bits per heavy atom. The van der Waals surface area contributed by atoms with Crippen molar-refractivity contribution < 1.29 is 23.9 Å². The summed E-state index contributed by atoms with van der Waals surface area (Å²) in [6, 6.07) is 2.85. The van der Waals surface area contributed by atoms with Gasteiger partial charge in [-0.15, -0.1) is 0 Å². The second-order valence-corrected chi connectivity index (χ2v) is 9.51. The molecule has 170 valence electrons. The van der Waals surface area contributed by atoms with Crippen molar-refractivity contribution in [1.82, 2.24) is 20.1 Å². The highest BCUT2D eigenvalue weighted by atomic mass is 16.6. The number of piperidine rings is 1. The second kappa shape index (κ2) is 8.03. The van der Waals surface area contributed by atoms with E-state index in [1.807, 2.05) is 39.8 Å². The Balaban J connectivity index is 1.49. The Hall–Kier alpha value is -3.23. The highest BCUT2D eigenvalue weighted by Crippen LogP contribution is 2.31. The third kappa shape index (κ3) is 4.24. The fraction of sp³-hybridized carbons (Fsp3) is 0.522. The van der Waals surface area contributed by atoms with Crippen molar-refractivity contribution in [2.24, 2.45) is 0 Å². The predicted molar refractivity (Wildman–Crippen MR) is 115 cm³/mol. The molecule has 3 aliphatic rings. The maximum Gasteiger partial charge on any atom is 0.410 e. The molecule has 4 rings (SSSR count). The van der Waals surface area contributed by atoms with Gasteiger partial charge in [0, 0.05) is 19.0 Å². The molecule has 0 spiro atoms. The van der Waals surface area contributed by atoms with Crippen LogP contribution in [0, 0.1) is 0 Å². The summed E-state index contributed by atoms with van der Waals surface area (Å²) in [5.74, 6) is -0.987. The second-order valence-electron chi connectivity index (χ2n) is 9.51. The number of pyridine rings is 1. The number of hydrogen-bond donors (Lipinski definition) is 1. The molecule has 9 nitrogen and oxygen atoms in total. The van der Waals surface area contributed by atoms with Crippen LogP contribution in [0.3, 0.4) is 0 Å². The van der Waals surface area contributed by atoms with Gasteiger partial charge in [0.15, 0.2) is 0 Å². The van der Waals surface area contributed by atoms with E-state index in [0.717, 1.165) is 11.3 Å². The Labute approximate surface area is 186 Å². The molecule has 1 aromatic rings. The third-order valence-electron chi connectivity index (χ3n) is 5.91. The lowest BCUT2D eigenvalue weighted by atomic mass is 9.98. The van der Waals surface area contributed by atoms with E-state index in [4.69, 9.17) is 9.72 Å². The summed E-state index contributed by atoms with van der Waals surface area (Å²) >= 11 is 0. The maximum atomic E-state index is 12.8. The van der Waals surface area contributed by atoms with Gasteiger partial charge in [-0.25, -0.2) is 4.79 Å². The van der Waals surface area contributed by atoms with Crippen LogP contribution < -0.4 is 5.32 Å². The summed E-state index contributed by atoms with van der Waals surface area (Å²) in [6.45, 7) is 8.16. The SMILES string of the molecule is CC1CC(c2ccc3c(n2)CN(C2CCC(=O)NC2=O)C3=O)=CCN1C(=O)OC(C)(C)C. The minimum atomic E-state index is -0.658. The molecule has 1 fully saturated rings. The zero-order valence-corrected chi connectivity index (χ0v) is 18.8. The zero-order chi connectivity index (χ0) is 23.2.